The van der Waals surface area contributed by atoms with Crippen LogP contribution in [-0.4, -0.2) is 39.0 Å². The summed E-state index contributed by atoms with van der Waals surface area (Å²) in [5.74, 6) is -1.88. The number of aliphatic carboxylic acids is 1. The van der Waals surface area contributed by atoms with E-state index in [9.17, 15) is 23.7 Å². The zero-order chi connectivity index (χ0) is 19.8. The van der Waals surface area contributed by atoms with Gasteiger partial charge in [0.1, 0.15) is 11.8 Å². The molecule has 2 aromatic carbocycles. The van der Waals surface area contributed by atoms with Crippen LogP contribution in [0.15, 0.2) is 59.5 Å². The van der Waals surface area contributed by atoms with E-state index < -0.39 is 34.7 Å². The summed E-state index contributed by atoms with van der Waals surface area (Å²) in [6.45, 7) is 1.26. The van der Waals surface area contributed by atoms with E-state index in [4.69, 9.17) is 4.74 Å². The SMILES string of the molecule is CC(=O)Oc1ccc(C(=O)N[C@H](CC[S@@](=O)c2ccccc2)C(=O)O)cc1. The predicted molar refractivity (Wildman–Crippen MR) is 99.0 cm³/mol. The standard InChI is InChI=1S/C19H19NO6S/c1-13(21)26-15-9-7-14(8-10-15)18(22)20-17(19(23)24)11-12-27(25)16-5-3-2-4-6-16/h2-10,17H,11-12H2,1H3,(H,20,22)(H,23,24)/t17-,27-/m1/s1. The Morgan fingerprint density at radius 3 is 2.26 bits per heavy atom. The summed E-state index contributed by atoms with van der Waals surface area (Å²) in [6.07, 6.45) is 0.0219. The Labute approximate surface area is 158 Å². The van der Waals surface area contributed by atoms with E-state index in [1.165, 1.54) is 31.2 Å². The van der Waals surface area contributed by atoms with Crippen LogP contribution < -0.4 is 10.1 Å². The summed E-state index contributed by atoms with van der Waals surface area (Å²) in [6, 6.07) is 13.3. The van der Waals surface area contributed by atoms with Gasteiger partial charge in [-0.1, -0.05) is 18.2 Å². The third-order valence-corrected chi connectivity index (χ3v) is 4.98. The van der Waals surface area contributed by atoms with E-state index in [1.807, 2.05) is 0 Å². The molecule has 0 saturated heterocycles. The van der Waals surface area contributed by atoms with Gasteiger partial charge in [-0.25, -0.2) is 4.79 Å². The number of carbonyl (C=O) groups excluding carboxylic acids is 2. The number of hydrogen-bond acceptors (Lipinski definition) is 5. The second kappa shape index (κ2) is 9.63. The molecule has 2 N–H and O–H groups in total. The van der Waals surface area contributed by atoms with Crippen molar-refractivity contribution in [1.82, 2.24) is 5.32 Å². The lowest BCUT2D eigenvalue weighted by Gasteiger charge is -2.14. The number of ether oxygens (including phenoxy) is 1. The maximum atomic E-state index is 12.2. The maximum Gasteiger partial charge on any atom is 0.326 e. The number of carboxylic acids is 1. The second-order valence-corrected chi connectivity index (χ2v) is 7.20. The van der Waals surface area contributed by atoms with Crippen LogP contribution in [0.25, 0.3) is 0 Å². The number of rotatable bonds is 8. The Bertz CT molecular complexity index is 835. The van der Waals surface area contributed by atoms with Gasteiger partial charge in [-0.3, -0.25) is 13.8 Å². The molecule has 0 aliphatic heterocycles. The molecule has 0 unspecified atom stereocenters. The van der Waals surface area contributed by atoms with Crippen molar-refractivity contribution in [3.63, 3.8) is 0 Å². The van der Waals surface area contributed by atoms with Gasteiger partial charge >= 0.3 is 11.9 Å². The first kappa shape index (κ1) is 20.3. The number of nitrogens with one attached hydrogen (secondary N) is 1. The van der Waals surface area contributed by atoms with Crippen molar-refractivity contribution in [1.29, 1.82) is 0 Å². The molecule has 0 aliphatic carbocycles. The predicted octanol–water partition coefficient (Wildman–Crippen LogP) is 1.99. The smallest absolute Gasteiger partial charge is 0.326 e. The first-order valence-electron chi connectivity index (χ1n) is 8.12. The molecule has 2 aromatic rings. The first-order chi connectivity index (χ1) is 12.9. The fourth-order valence-corrected chi connectivity index (χ4v) is 3.40. The fraction of sp³-hybridized carbons (Fsp3) is 0.211. The molecule has 0 aliphatic rings. The number of carbonyl (C=O) groups is 3. The third kappa shape index (κ3) is 6.34. The zero-order valence-corrected chi connectivity index (χ0v) is 15.4. The number of amides is 1. The number of carboxylic acid groups (broad SMARTS) is 1. The second-order valence-electron chi connectivity index (χ2n) is 5.63. The normalized spacial score (nSPS) is 12.6. The van der Waals surface area contributed by atoms with Crippen molar-refractivity contribution in [2.45, 2.75) is 24.3 Å². The molecule has 2 atom stereocenters. The summed E-state index contributed by atoms with van der Waals surface area (Å²) >= 11 is 0. The molecule has 0 fully saturated rings. The average molecular weight is 389 g/mol. The maximum absolute atomic E-state index is 12.2. The van der Waals surface area contributed by atoms with Gasteiger partial charge in [-0.2, -0.15) is 0 Å². The van der Waals surface area contributed by atoms with Crippen LogP contribution in [-0.2, 0) is 20.4 Å². The summed E-state index contributed by atoms with van der Waals surface area (Å²) in [5.41, 5.74) is 0.223. The van der Waals surface area contributed by atoms with Gasteiger partial charge in [0.2, 0.25) is 0 Å². The Hall–Kier alpha value is -3.00. The van der Waals surface area contributed by atoms with E-state index in [1.54, 1.807) is 30.3 Å². The molecule has 0 radical (unpaired) electrons. The van der Waals surface area contributed by atoms with Crippen LogP contribution in [0.2, 0.25) is 0 Å². The van der Waals surface area contributed by atoms with Crippen molar-refractivity contribution in [3.8, 4) is 5.75 Å². The third-order valence-electron chi connectivity index (χ3n) is 3.58. The van der Waals surface area contributed by atoms with E-state index in [0.29, 0.717) is 4.90 Å². The van der Waals surface area contributed by atoms with Crippen molar-refractivity contribution >= 4 is 28.6 Å². The topological polar surface area (TPSA) is 110 Å². The van der Waals surface area contributed by atoms with Gasteiger partial charge in [-0.05, 0) is 42.8 Å². The summed E-state index contributed by atoms with van der Waals surface area (Å²) in [5, 5.41) is 11.7. The fourth-order valence-electron chi connectivity index (χ4n) is 2.25. The Morgan fingerprint density at radius 1 is 1.07 bits per heavy atom. The van der Waals surface area contributed by atoms with Gasteiger partial charge in [0.15, 0.2) is 0 Å². The molecule has 1 amide bonds. The van der Waals surface area contributed by atoms with Crippen LogP contribution in [0.3, 0.4) is 0 Å². The van der Waals surface area contributed by atoms with Gasteiger partial charge in [0, 0.05) is 23.1 Å². The molecule has 0 heterocycles. The summed E-state index contributed by atoms with van der Waals surface area (Å²) < 4.78 is 17.1. The highest BCUT2D eigenvalue weighted by molar-refractivity contribution is 7.85. The number of esters is 1. The Kier molecular flexibility index (Phi) is 7.25. The number of hydrogen-bond donors (Lipinski definition) is 2. The first-order valence-corrected chi connectivity index (χ1v) is 9.44. The molecule has 0 spiro atoms. The van der Waals surface area contributed by atoms with Crippen molar-refractivity contribution < 1.29 is 28.4 Å². The molecule has 142 valence electrons. The van der Waals surface area contributed by atoms with Crippen molar-refractivity contribution in [2.24, 2.45) is 0 Å². The lowest BCUT2D eigenvalue weighted by Crippen LogP contribution is -2.41. The van der Waals surface area contributed by atoms with Gasteiger partial charge in [-0.15, -0.1) is 0 Å². The Balaban J connectivity index is 1.96. The van der Waals surface area contributed by atoms with Crippen LogP contribution in [0.5, 0.6) is 5.75 Å². The lowest BCUT2D eigenvalue weighted by molar-refractivity contribution is -0.139. The van der Waals surface area contributed by atoms with Crippen LogP contribution >= 0.6 is 0 Å². The minimum atomic E-state index is -1.35. The molecule has 2 rings (SSSR count). The quantitative estimate of drug-likeness (QED) is 0.528. The van der Waals surface area contributed by atoms with Gasteiger partial charge < -0.3 is 15.2 Å². The molecular weight excluding hydrogens is 370 g/mol. The van der Waals surface area contributed by atoms with Crippen molar-refractivity contribution in [3.05, 3.63) is 60.2 Å². The zero-order valence-electron chi connectivity index (χ0n) is 14.6. The number of benzene rings is 2. The van der Waals surface area contributed by atoms with Gasteiger partial charge in [0.05, 0.1) is 10.8 Å². The lowest BCUT2D eigenvalue weighted by atomic mass is 10.1. The molecule has 27 heavy (non-hydrogen) atoms. The summed E-state index contributed by atoms with van der Waals surface area (Å²) in [4.78, 5) is 35.2. The molecular formula is C19H19NO6S. The highest BCUT2D eigenvalue weighted by Gasteiger charge is 2.21. The van der Waals surface area contributed by atoms with Crippen molar-refractivity contribution in [2.75, 3.05) is 5.75 Å². The highest BCUT2D eigenvalue weighted by atomic mass is 32.2. The summed E-state index contributed by atoms with van der Waals surface area (Å²) in [7, 11) is -1.35. The monoisotopic (exact) mass is 389 g/mol. The largest absolute Gasteiger partial charge is 0.480 e. The molecule has 0 bridgehead atoms. The molecule has 7 nitrogen and oxygen atoms in total. The van der Waals surface area contributed by atoms with E-state index in [2.05, 4.69) is 5.32 Å². The van der Waals surface area contributed by atoms with E-state index in [0.717, 1.165) is 0 Å². The van der Waals surface area contributed by atoms with Crippen LogP contribution in [0, 0.1) is 0 Å². The molecule has 8 heteroatoms. The molecule has 0 saturated carbocycles. The minimum absolute atomic E-state index is 0.0219. The van der Waals surface area contributed by atoms with Crippen LogP contribution in [0.1, 0.15) is 23.7 Å². The average Bonchev–Trinajstić information content (AvgIpc) is 2.65. The van der Waals surface area contributed by atoms with E-state index in [-0.39, 0.29) is 23.5 Å². The molecule has 0 aromatic heterocycles. The van der Waals surface area contributed by atoms with Gasteiger partial charge in [0.25, 0.3) is 5.91 Å². The minimum Gasteiger partial charge on any atom is -0.480 e. The van der Waals surface area contributed by atoms with Crippen LogP contribution in [0.4, 0.5) is 0 Å². The highest BCUT2D eigenvalue weighted by Crippen LogP contribution is 2.13. The Morgan fingerprint density at radius 2 is 1.70 bits per heavy atom. The van der Waals surface area contributed by atoms with E-state index >= 15 is 0 Å².